The molecule has 7 rings (SSSR count). The number of rotatable bonds is 6. The number of thiophene rings is 1. The molecule has 4 atom stereocenters. The standard InChI is InChI=1S/C37H34N2O3S/c1-21(2)18-24-12-14-25(15-13-24)34(40)32-33(35(41)30-10-7-17-43-30)39-29-16-11-22(3)19-26(29)23(4)20-31(39)37(32)27-8-5-6-9-28(27)38-36(37)42/h5-17,19-21,31-33H,18H2,1-4H3,(H,38,42). The Hall–Kier alpha value is -4.29. The van der Waals surface area contributed by atoms with E-state index in [0.29, 0.717) is 22.0 Å². The van der Waals surface area contributed by atoms with Crippen LogP contribution in [0.3, 0.4) is 0 Å². The molecule has 1 N–H and O–H groups in total. The van der Waals surface area contributed by atoms with E-state index in [1.54, 1.807) is 0 Å². The number of hydrogen-bond donors (Lipinski definition) is 1. The van der Waals surface area contributed by atoms with Crippen LogP contribution >= 0.6 is 11.3 Å². The normalized spacial score (nSPS) is 23.6. The zero-order chi connectivity index (χ0) is 30.0. The van der Waals surface area contributed by atoms with Crippen LogP contribution in [0, 0.1) is 18.8 Å². The van der Waals surface area contributed by atoms with Crippen LogP contribution in [0.25, 0.3) is 5.57 Å². The van der Waals surface area contributed by atoms with Crippen LogP contribution in [0.1, 0.15) is 63.1 Å². The number of anilines is 2. The van der Waals surface area contributed by atoms with Gasteiger partial charge in [0.1, 0.15) is 11.5 Å². The molecule has 5 nitrogen and oxygen atoms in total. The maximum atomic E-state index is 15.0. The molecule has 1 amide bonds. The molecule has 4 unspecified atom stereocenters. The molecule has 0 radical (unpaired) electrons. The van der Waals surface area contributed by atoms with Crippen LogP contribution in [0.2, 0.25) is 0 Å². The van der Waals surface area contributed by atoms with Crippen LogP contribution in [0.15, 0.2) is 90.3 Å². The van der Waals surface area contributed by atoms with Gasteiger partial charge in [-0.2, -0.15) is 0 Å². The van der Waals surface area contributed by atoms with E-state index < -0.39 is 23.4 Å². The van der Waals surface area contributed by atoms with Gasteiger partial charge in [-0.1, -0.05) is 80.1 Å². The highest BCUT2D eigenvalue weighted by Gasteiger charge is 2.70. The van der Waals surface area contributed by atoms with Crippen molar-refractivity contribution in [3.63, 3.8) is 0 Å². The number of benzene rings is 3. The van der Waals surface area contributed by atoms with Crippen LogP contribution in [0.5, 0.6) is 0 Å². The van der Waals surface area contributed by atoms with Crippen LogP contribution in [-0.4, -0.2) is 29.6 Å². The van der Waals surface area contributed by atoms with E-state index in [2.05, 4.69) is 50.1 Å². The number of Topliss-reactive ketones (excluding diaryl/α,β-unsaturated/α-hetero) is 2. The molecule has 0 saturated carbocycles. The number of aryl methyl sites for hydroxylation is 1. The van der Waals surface area contributed by atoms with E-state index in [0.717, 1.165) is 39.9 Å². The summed E-state index contributed by atoms with van der Waals surface area (Å²) in [5.41, 5.74) is 5.88. The topological polar surface area (TPSA) is 66.5 Å². The Balaban J connectivity index is 1.50. The van der Waals surface area contributed by atoms with Gasteiger partial charge in [-0.3, -0.25) is 14.4 Å². The Bertz CT molecular complexity index is 1800. The van der Waals surface area contributed by atoms with Crippen molar-refractivity contribution < 1.29 is 14.4 Å². The summed E-state index contributed by atoms with van der Waals surface area (Å²) >= 11 is 1.37. The third kappa shape index (κ3) is 4.07. The van der Waals surface area contributed by atoms with Crippen molar-refractivity contribution in [2.75, 3.05) is 10.2 Å². The van der Waals surface area contributed by atoms with Crippen molar-refractivity contribution in [1.82, 2.24) is 0 Å². The molecule has 1 saturated heterocycles. The van der Waals surface area contributed by atoms with Gasteiger partial charge < -0.3 is 10.2 Å². The fraction of sp³-hybridized carbons (Fsp3) is 0.270. The molecule has 1 aromatic heterocycles. The number of amides is 1. The highest BCUT2D eigenvalue weighted by atomic mass is 32.1. The Kier molecular flexibility index (Phi) is 6.51. The number of carbonyl (C=O) groups is 3. The van der Waals surface area contributed by atoms with Gasteiger partial charge in [-0.05, 0) is 72.5 Å². The molecule has 216 valence electrons. The van der Waals surface area contributed by atoms with Gasteiger partial charge in [0.15, 0.2) is 11.6 Å². The fourth-order valence-electron chi connectivity index (χ4n) is 7.57. The van der Waals surface area contributed by atoms with Crippen LogP contribution in [-0.2, 0) is 16.6 Å². The number of ketones is 2. The van der Waals surface area contributed by atoms with Gasteiger partial charge in [0, 0.05) is 22.5 Å². The van der Waals surface area contributed by atoms with Gasteiger partial charge in [0.25, 0.3) is 0 Å². The number of nitrogens with zero attached hydrogens (tertiary/aromatic N) is 1. The molecule has 3 aromatic carbocycles. The molecular weight excluding hydrogens is 552 g/mol. The minimum Gasteiger partial charge on any atom is -0.352 e. The lowest BCUT2D eigenvalue weighted by molar-refractivity contribution is -0.121. The second-order valence-electron chi connectivity index (χ2n) is 12.5. The lowest BCUT2D eigenvalue weighted by atomic mass is 9.64. The number of fused-ring (bicyclic) bond motifs is 6. The van der Waals surface area contributed by atoms with E-state index in [9.17, 15) is 14.4 Å². The lowest BCUT2D eigenvalue weighted by Gasteiger charge is -2.39. The van der Waals surface area contributed by atoms with Crippen molar-refractivity contribution in [1.29, 1.82) is 0 Å². The molecule has 3 aliphatic heterocycles. The summed E-state index contributed by atoms with van der Waals surface area (Å²) in [4.78, 5) is 46.9. The molecule has 4 heterocycles. The summed E-state index contributed by atoms with van der Waals surface area (Å²) < 4.78 is 0. The summed E-state index contributed by atoms with van der Waals surface area (Å²) in [5.74, 6) is -1.03. The van der Waals surface area contributed by atoms with Gasteiger partial charge in [-0.15, -0.1) is 11.3 Å². The minimum atomic E-state index is -1.30. The third-order valence-corrected chi connectivity index (χ3v) is 10.2. The zero-order valence-electron chi connectivity index (χ0n) is 24.8. The number of hydrogen-bond acceptors (Lipinski definition) is 5. The molecule has 0 aliphatic carbocycles. The number of carbonyl (C=O) groups excluding carboxylic acids is 3. The van der Waals surface area contributed by atoms with E-state index in [4.69, 9.17) is 0 Å². The third-order valence-electron chi connectivity index (χ3n) is 9.33. The van der Waals surface area contributed by atoms with Gasteiger partial charge >= 0.3 is 0 Å². The second kappa shape index (κ2) is 10.2. The van der Waals surface area contributed by atoms with Crippen LogP contribution in [0.4, 0.5) is 11.4 Å². The summed E-state index contributed by atoms with van der Waals surface area (Å²) in [5, 5.41) is 5.00. The van der Waals surface area contributed by atoms with Crippen molar-refractivity contribution in [3.05, 3.63) is 123 Å². The highest BCUT2D eigenvalue weighted by Crippen LogP contribution is 2.59. The first kappa shape index (κ1) is 27.5. The Morgan fingerprint density at radius 3 is 2.44 bits per heavy atom. The smallest absolute Gasteiger partial charge is 0.238 e. The number of nitrogens with one attached hydrogen (secondary N) is 1. The van der Waals surface area contributed by atoms with E-state index in [1.807, 2.05) is 78.2 Å². The maximum absolute atomic E-state index is 15.0. The Morgan fingerprint density at radius 1 is 0.953 bits per heavy atom. The number of para-hydroxylation sites is 1. The molecule has 4 aromatic rings. The average molecular weight is 587 g/mol. The summed E-state index contributed by atoms with van der Waals surface area (Å²) in [7, 11) is 0. The Morgan fingerprint density at radius 2 is 1.72 bits per heavy atom. The first-order valence-corrected chi connectivity index (χ1v) is 15.8. The molecule has 1 spiro atoms. The fourth-order valence-corrected chi connectivity index (χ4v) is 8.26. The predicted octanol–water partition coefficient (Wildman–Crippen LogP) is 7.50. The molecule has 6 heteroatoms. The quantitative estimate of drug-likeness (QED) is 0.238. The van der Waals surface area contributed by atoms with Crippen molar-refractivity contribution in [3.8, 4) is 0 Å². The summed E-state index contributed by atoms with van der Waals surface area (Å²) in [6.45, 7) is 8.45. The van der Waals surface area contributed by atoms with E-state index in [1.165, 1.54) is 11.3 Å². The van der Waals surface area contributed by atoms with Crippen molar-refractivity contribution in [2.24, 2.45) is 11.8 Å². The minimum absolute atomic E-state index is 0.136. The molecule has 3 aliphatic rings. The van der Waals surface area contributed by atoms with Gasteiger partial charge in [0.05, 0.1) is 16.8 Å². The monoisotopic (exact) mass is 586 g/mol. The summed E-state index contributed by atoms with van der Waals surface area (Å²) in [6, 6.07) is 23.9. The highest BCUT2D eigenvalue weighted by molar-refractivity contribution is 7.12. The first-order chi connectivity index (χ1) is 20.7. The van der Waals surface area contributed by atoms with E-state index in [-0.39, 0.29) is 17.5 Å². The molecule has 0 bridgehead atoms. The van der Waals surface area contributed by atoms with Gasteiger partial charge in [-0.25, -0.2) is 0 Å². The van der Waals surface area contributed by atoms with Crippen molar-refractivity contribution >= 4 is 45.8 Å². The Labute approximate surface area is 256 Å². The predicted molar refractivity (Wildman–Crippen MR) is 173 cm³/mol. The zero-order valence-corrected chi connectivity index (χ0v) is 25.6. The van der Waals surface area contributed by atoms with Crippen molar-refractivity contribution in [2.45, 2.75) is 51.6 Å². The number of allylic oxidation sites excluding steroid dienone is 1. The molecule has 1 fully saturated rings. The SMILES string of the molecule is CC1=CC2N(c3ccc(C)cc31)C(C(=O)c1cccs1)C(C(=O)c1ccc(CC(C)C)cc1)C21C(=O)Nc2ccccc21. The maximum Gasteiger partial charge on any atom is 0.238 e. The molecule has 43 heavy (non-hydrogen) atoms. The summed E-state index contributed by atoms with van der Waals surface area (Å²) in [6.07, 6.45) is 3.02. The first-order valence-electron chi connectivity index (χ1n) is 14.9. The second-order valence-corrected chi connectivity index (χ2v) is 13.5. The van der Waals surface area contributed by atoms with Crippen LogP contribution < -0.4 is 10.2 Å². The largest absolute Gasteiger partial charge is 0.352 e. The molecular formula is C37H34N2O3S. The lowest BCUT2D eigenvalue weighted by Crippen LogP contribution is -2.51. The van der Waals surface area contributed by atoms with Gasteiger partial charge in [0.2, 0.25) is 5.91 Å². The average Bonchev–Trinajstić information content (AvgIpc) is 3.70. The van der Waals surface area contributed by atoms with E-state index >= 15 is 0 Å².